The van der Waals surface area contributed by atoms with Gasteiger partial charge >= 0.3 is 5.97 Å². The fourth-order valence-electron chi connectivity index (χ4n) is 2.75. The Morgan fingerprint density at radius 1 is 1.35 bits per heavy atom. The number of carbonyl (C=O) groups is 2. The standard InChI is InChI=1S/C19H28O4/c1-6-15(10-9-14(4)20)12-19(8-3)13-16(7-2)17(23-19)11-18(21)22-5/h9-11,13,15H,6-8,12H2,1-5H3/b10-9+,17-11-/t15-,19-/m1/s1. The quantitative estimate of drug-likeness (QED) is 0.498. The van der Waals surface area contributed by atoms with Crippen LogP contribution in [0.15, 0.2) is 35.6 Å². The smallest absolute Gasteiger partial charge is 0.334 e. The molecule has 1 aliphatic rings. The highest BCUT2D eigenvalue weighted by molar-refractivity contribution is 5.87. The van der Waals surface area contributed by atoms with Gasteiger partial charge in [-0.3, -0.25) is 4.79 Å². The third-order valence-corrected chi connectivity index (χ3v) is 4.23. The summed E-state index contributed by atoms with van der Waals surface area (Å²) in [4.78, 5) is 22.7. The second-order valence-corrected chi connectivity index (χ2v) is 5.92. The first-order chi connectivity index (χ1) is 10.9. The van der Waals surface area contributed by atoms with Crippen molar-refractivity contribution in [2.75, 3.05) is 7.11 Å². The maximum Gasteiger partial charge on any atom is 0.334 e. The molecule has 0 N–H and O–H groups in total. The van der Waals surface area contributed by atoms with Crippen LogP contribution in [0.1, 0.15) is 53.4 Å². The van der Waals surface area contributed by atoms with Gasteiger partial charge in [0.2, 0.25) is 0 Å². The average molecular weight is 320 g/mol. The van der Waals surface area contributed by atoms with Gasteiger partial charge in [-0.05, 0) is 56.3 Å². The molecule has 1 aliphatic heterocycles. The van der Waals surface area contributed by atoms with Crippen molar-refractivity contribution in [3.8, 4) is 0 Å². The fourth-order valence-corrected chi connectivity index (χ4v) is 2.75. The van der Waals surface area contributed by atoms with Gasteiger partial charge in [0.1, 0.15) is 11.4 Å². The number of hydrogen-bond acceptors (Lipinski definition) is 4. The largest absolute Gasteiger partial charge is 0.483 e. The van der Waals surface area contributed by atoms with Crippen molar-refractivity contribution in [3.05, 3.63) is 35.6 Å². The molecule has 0 aromatic rings. The number of hydrogen-bond donors (Lipinski definition) is 0. The molecule has 128 valence electrons. The number of esters is 1. The summed E-state index contributed by atoms with van der Waals surface area (Å²) >= 11 is 0. The predicted molar refractivity (Wildman–Crippen MR) is 90.8 cm³/mol. The first-order valence-corrected chi connectivity index (χ1v) is 8.29. The lowest BCUT2D eigenvalue weighted by Crippen LogP contribution is -2.28. The summed E-state index contributed by atoms with van der Waals surface area (Å²) in [6, 6.07) is 0. The monoisotopic (exact) mass is 320 g/mol. The topological polar surface area (TPSA) is 52.6 Å². The van der Waals surface area contributed by atoms with E-state index in [4.69, 9.17) is 9.47 Å². The van der Waals surface area contributed by atoms with E-state index in [0.717, 1.165) is 31.3 Å². The van der Waals surface area contributed by atoms with Gasteiger partial charge in [0, 0.05) is 0 Å². The van der Waals surface area contributed by atoms with Gasteiger partial charge in [-0.25, -0.2) is 4.79 Å². The molecule has 1 heterocycles. The molecule has 2 atom stereocenters. The van der Waals surface area contributed by atoms with Gasteiger partial charge in [-0.1, -0.05) is 26.8 Å². The number of ether oxygens (including phenoxy) is 2. The molecule has 4 heteroatoms. The molecule has 23 heavy (non-hydrogen) atoms. The lowest BCUT2D eigenvalue weighted by atomic mass is 9.86. The zero-order valence-corrected chi connectivity index (χ0v) is 14.8. The van der Waals surface area contributed by atoms with Gasteiger partial charge in [-0.15, -0.1) is 0 Å². The van der Waals surface area contributed by atoms with E-state index >= 15 is 0 Å². The van der Waals surface area contributed by atoms with E-state index in [1.807, 2.05) is 13.0 Å². The molecule has 0 bridgehead atoms. The molecule has 1 rings (SSSR count). The first kappa shape index (κ1) is 19.2. The number of ketones is 1. The summed E-state index contributed by atoms with van der Waals surface area (Å²) in [6.07, 6.45) is 10.5. The number of allylic oxidation sites excluding steroid dienone is 3. The van der Waals surface area contributed by atoms with Crippen LogP contribution in [-0.4, -0.2) is 24.5 Å². The number of carbonyl (C=O) groups excluding carboxylic acids is 2. The van der Waals surface area contributed by atoms with Crippen molar-refractivity contribution in [1.82, 2.24) is 0 Å². The SMILES string of the molecule is CCC1=C[C@@](CC)(C[C@@H](/C=C/C(C)=O)CC)O/C1=C\C(=O)OC. The van der Waals surface area contributed by atoms with Crippen LogP contribution in [0.2, 0.25) is 0 Å². The molecule has 4 nitrogen and oxygen atoms in total. The van der Waals surface area contributed by atoms with Crippen molar-refractivity contribution in [3.63, 3.8) is 0 Å². The Kier molecular flexibility index (Phi) is 7.27. The highest BCUT2D eigenvalue weighted by Crippen LogP contribution is 2.40. The summed E-state index contributed by atoms with van der Waals surface area (Å²) in [5.41, 5.74) is 0.607. The van der Waals surface area contributed by atoms with Gasteiger partial charge in [-0.2, -0.15) is 0 Å². The molecule has 0 saturated carbocycles. The van der Waals surface area contributed by atoms with Crippen LogP contribution in [-0.2, 0) is 19.1 Å². The van der Waals surface area contributed by atoms with Gasteiger partial charge in [0.25, 0.3) is 0 Å². The van der Waals surface area contributed by atoms with Crippen molar-refractivity contribution in [2.45, 2.75) is 59.0 Å². The molecule has 0 saturated heterocycles. The molecule has 0 radical (unpaired) electrons. The fraction of sp³-hybridized carbons (Fsp3) is 0.579. The van der Waals surface area contributed by atoms with Gasteiger partial charge in [0.05, 0.1) is 13.2 Å². The minimum atomic E-state index is -0.424. The Morgan fingerprint density at radius 3 is 2.52 bits per heavy atom. The Morgan fingerprint density at radius 2 is 2.04 bits per heavy atom. The van der Waals surface area contributed by atoms with Crippen LogP contribution in [0.3, 0.4) is 0 Å². The van der Waals surface area contributed by atoms with Crippen LogP contribution in [0, 0.1) is 5.92 Å². The molecule has 0 spiro atoms. The van der Waals surface area contributed by atoms with E-state index in [9.17, 15) is 9.59 Å². The maximum absolute atomic E-state index is 11.5. The second-order valence-electron chi connectivity index (χ2n) is 5.92. The second kappa shape index (κ2) is 8.70. The zero-order chi connectivity index (χ0) is 17.5. The van der Waals surface area contributed by atoms with Crippen molar-refractivity contribution < 1.29 is 19.1 Å². The van der Waals surface area contributed by atoms with Crippen LogP contribution < -0.4 is 0 Å². The molecule has 0 unspecified atom stereocenters. The normalized spacial score (nSPS) is 23.7. The third kappa shape index (κ3) is 5.38. The summed E-state index contributed by atoms with van der Waals surface area (Å²) in [7, 11) is 1.36. The maximum atomic E-state index is 11.5. The Hall–Kier alpha value is -1.84. The Labute approximate surface area is 139 Å². The number of rotatable bonds is 8. The molecule has 0 fully saturated rings. The summed E-state index contributed by atoms with van der Waals surface area (Å²) in [6.45, 7) is 7.77. The van der Waals surface area contributed by atoms with E-state index in [2.05, 4.69) is 19.9 Å². The zero-order valence-electron chi connectivity index (χ0n) is 14.8. The lowest BCUT2D eigenvalue weighted by molar-refractivity contribution is -0.135. The summed E-state index contributed by atoms with van der Waals surface area (Å²) in [5.74, 6) is 0.504. The van der Waals surface area contributed by atoms with Crippen LogP contribution >= 0.6 is 0 Å². The van der Waals surface area contributed by atoms with E-state index < -0.39 is 11.6 Å². The van der Waals surface area contributed by atoms with Crippen LogP contribution in [0.4, 0.5) is 0 Å². The van der Waals surface area contributed by atoms with E-state index in [-0.39, 0.29) is 11.7 Å². The Balaban J connectivity index is 3.01. The minimum absolute atomic E-state index is 0.0532. The first-order valence-electron chi connectivity index (χ1n) is 8.29. The molecular weight excluding hydrogens is 292 g/mol. The highest BCUT2D eigenvalue weighted by atomic mass is 16.5. The molecule has 0 aliphatic carbocycles. The van der Waals surface area contributed by atoms with E-state index in [1.165, 1.54) is 13.2 Å². The predicted octanol–water partition coefficient (Wildman–Crippen LogP) is 4.12. The molecular formula is C19H28O4. The number of methoxy groups -OCH3 is 1. The third-order valence-electron chi connectivity index (χ3n) is 4.23. The lowest BCUT2D eigenvalue weighted by Gasteiger charge is -2.29. The highest BCUT2D eigenvalue weighted by Gasteiger charge is 2.37. The molecule has 0 amide bonds. The molecule has 0 aromatic carbocycles. The van der Waals surface area contributed by atoms with E-state index in [0.29, 0.717) is 5.76 Å². The summed E-state index contributed by atoms with van der Waals surface area (Å²) in [5, 5.41) is 0. The van der Waals surface area contributed by atoms with Crippen LogP contribution in [0.25, 0.3) is 0 Å². The van der Waals surface area contributed by atoms with Gasteiger partial charge in [0.15, 0.2) is 5.78 Å². The van der Waals surface area contributed by atoms with Crippen molar-refractivity contribution >= 4 is 11.8 Å². The molecule has 0 aromatic heterocycles. The van der Waals surface area contributed by atoms with E-state index in [1.54, 1.807) is 13.0 Å². The average Bonchev–Trinajstić information content (AvgIpc) is 2.89. The van der Waals surface area contributed by atoms with Crippen molar-refractivity contribution in [2.24, 2.45) is 5.92 Å². The van der Waals surface area contributed by atoms with Crippen LogP contribution in [0.5, 0.6) is 0 Å². The van der Waals surface area contributed by atoms with Crippen molar-refractivity contribution in [1.29, 1.82) is 0 Å². The summed E-state index contributed by atoms with van der Waals surface area (Å²) < 4.78 is 10.9. The van der Waals surface area contributed by atoms with Gasteiger partial charge < -0.3 is 9.47 Å². The Bertz CT molecular complexity index is 527. The minimum Gasteiger partial charge on any atom is -0.483 e.